The number of rotatable bonds is 4. The molecule has 0 radical (unpaired) electrons. The topological polar surface area (TPSA) is 58.6 Å². The second-order valence-electron chi connectivity index (χ2n) is 4.65. The Hall–Kier alpha value is -1.14. The van der Waals surface area contributed by atoms with Crippen molar-refractivity contribution >= 4 is 27.6 Å². The Bertz CT molecular complexity index is 489. The highest BCUT2D eigenvalue weighted by Crippen LogP contribution is 2.29. The summed E-state index contributed by atoms with van der Waals surface area (Å²) in [4.78, 5) is 10.9. The molecular formula is C13H15BrFNO3. The number of ether oxygens (including phenoxy) is 1. The summed E-state index contributed by atoms with van der Waals surface area (Å²) in [5.74, 6) is -1.39. The standard InChI is InChI=1S/C13H15BrFNO3/c1-7(8-4-5-19-6-8)16-10-3-2-9(13(17)18)11(14)12(10)15/h2-3,7-8,16H,4-6H2,1H3,(H,17,18). The minimum Gasteiger partial charge on any atom is -0.478 e. The van der Waals surface area contributed by atoms with Crippen molar-refractivity contribution in [1.82, 2.24) is 0 Å². The first-order valence-electron chi connectivity index (χ1n) is 6.06. The van der Waals surface area contributed by atoms with Crippen LogP contribution in [0.2, 0.25) is 0 Å². The predicted octanol–water partition coefficient (Wildman–Crippen LogP) is 3.12. The van der Waals surface area contributed by atoms with Crippen molar-refractivity contribution in [3.63, 3.8) is 0 Å². The molecule has 0 amide bonds. The zero-order valence-electron chi connectivity index (χ0n) is 10.5. The minimum atomic E-state index is -1.16. The molecule has 0 aromatic heterocycles. The van der Waals surface area contributed by atoms with Crippen LogP contribution < -0.4 is 5.32 Å². The lowest BCUT2D eigenvalue weighted by atomic mass is 10.0. The SMILES string of the molecule is CC(Nc1ccc(C(=O)O)c(Br)c1F)C1CCOC1. The number of carboxylic acid groups (broad SMARTS) is 1. The molecule has 6 heteroatoms. The normalized spacial score (nSPS) is 20.3. The first-order chi connectivity index (χ1) is 9.00. The van der Waals surface area contributed by atoms with Crippen molar-refractivity contribution in [2.24, 2.45) is 5.92 Å². The highest BCUT2D eigenvalue weighted by atomic mass is 79.9. The van der Waals surface area contributed by atoms with E-state index in [9.17, 15) is 9.18 Å². The van der Waals surface area contributed by atoms with Gasteiger partial charge in [-0.1, -0.05) is 0 Å². The summed E-state index contributed by atoms with van der Waals surface area (Å²) >= 11 is 2.98. The van der Waals surface area contributed by atoms with Gasteiger partial charge in [0.05, 0.1) is 22.3 Å². The highest BCUT2D eigenvalue weighted by molar-refractivity contribution is 9.10. The molecule has 1 aliphatic rings. The van der Waals surface area contributed by atoms with Crippen LogP contribution in [0.4, 0.5) is 10.1 Å². The Labute approximate surface area is 119 Å². The van der Waals surface area contributed by atoms with Gasteiger partial charge in [-0.15, -0.1) is 0 Å². The maximum atomic E-state index is 14.1. The van der Waals surface area contributed by atoms with Crippen LogP contribution in [-0.4, -0.2) is 30.3 Å². The third-order valence-electron chi connectivity index (χ3n) is 3.37. The van der Waals surface area contributed by atoms with E-state index in [0.29, 0.717) is 18.2 Å². The fraction of sp³-hybridized carbons (Fsp3) is 0.462. The maximum Gasteiger partial charge on any atom is 0.336 e. The lowest BCUT2D eigenvalue weighted by Gasteiger charge is -2.21. The molecule has 2 unspecified atom stereocenters. The third-order valence-corrected chi connectivity index (χ3v) is 4.14. The molecule has 1 saturated heterocycles. The van der Waals surface area contributed by atoms with Crippen LogP contribution >= 0.6 is 15.9 Å². The van der Waals surface area contributed by atoms with Gasteiger partial charge in [0.2, 0.25) is 0 Å². The average Bonchev–Trinajstić information content (AvgIpc) is 2.88. The lowest BCUT2D eigenvalue weighted by molar-refractivity contribution is 0.0695. The molecule has 104 valence electrons. The van der Waals surface area contributed by atoms with Gasteiger partial charge >= 0.3 is 5.97 Å². The van der Waals surface area contributed by atoms with E-state index >= 15 is 0 Å². The Morgan fingerprint density at radius 2 is 2.37 bits per heavy atom. The van der Waals surface area contributed by atoms with Gasteiger partial charge in [-0.3, -0.25) is 0 Å². The highest BCUT2D eigenvalue weighted by Gasteiger charge is 2.24. The molecule has 1 aromatic rings. The van der Waals surface area contributed by atoms with E-state index in [-0.39, 0.29) is 16.1 Å². The minimum absolute atomic E-state index is 0.0279. The zero-order valence-corrected chi connectivity index (χ0v) is 12.0. The number of anilines is 1. The smallest absolute Gasteiger partial charge is 0.336 e. The van der Waals surface area contributed by atoms with Crippen molar-refractivity contribution in [2.45, 2.75) is 19.4 Å². The van der Waals surface area contributed by atoms with E-state index in [1.165, 1.54) is 12.1 Å². The first kappa shape index (κ1) is 14.3. The van der Waals surface area contributed by atoms with Crippen molar-refractivity contribution in [3.05, 3.63) is 28.0 Å². The summed E-state index contributed by atoms with van der Waals surface area (Å²) in [6.45, 7) is 3.38. The van der Waals surface area contributed by atoms with Gasteiger partial charge in [0.15, 0.2) is 5.82 Å². The summed E-state index contributed by atoms with van der Waals surface area (Å²) in [5.41, 5.74) is 0.219. The van der Waals surface area contributed by atoms with Gasteiger partial charge < -0.3 is 15.2 Å². The number of aromatic carboxylic acids is 1. The van der Waals surface area contributed by atoms with Gasteiger partial charge in [-0.2, -0.15) is 0 Å². The molecule has 1 aliphatic heterocycles. The summed E-state index contributed by atoms with van der Waals surface area (Å²) in [5, 5.41) is 12.0. The van der Waals surface area contributed by atoms with E-state index in [2.05, 4.69) is 21.2 Å². The number of hydrogen-bond donors (Lipinski definition) is 2. The summed E-state index contributed by atoms with van der Waals surface area (Å²) < 4.78 is 19.3. The molecule has 1 heterocycles. The van der Waals surface area contributed by atoms with Gasteiger partial charge in [0.25, 0.3) is 0 Å². The maximum absolute atomic E-state index is 14.1. The number of hydrogen-bond acceptors (Lipinski definition) is 3. The Morgan fingerprint density at radius 1 is 1.63 bits per heavy atom. The molecule has 2 N–H and O–H groups in total. The number of halogens is 2. The van der Waals surface area contributed by atoms with Crippen molar-refractivity contribution in [1.29, 1.82) is 0 Å². The van der Waals surface area contributed by atoms with Gasteiger partial charge in [0.1, 0.15) is 0 Å². The number of benzene rings is 1. The van der Waals surface area contributed by atoms with Crippen molar-refractivity contribution in [2.75, 3.05) is 18.5 Å². The van der Waals surface area contributed by atoms with Crippen LogP contribution in [0.3, 0.4) is 0 Å². The summed E-state index contributed by atoms with van der Waals surface area (Å²) in [6.07, 6.45) is 0.949. The molecule has 0 spiro atoms. The van der Waals surface area contributed by atoms with E-state index in [1.807, 2.05) is 6.92 Å². The number of nitrogens with one attached hydrogen (secondary N) is 1. The van der Waals surface area contributed by atoms with E-state index in [0.717, 1.165) is 13.0 Å². The van der Waals surface area contributed by atoms with Crippen LogP contribution in [0.15, 0.2) is 16.6 Å². The van der Waals surface area contributed by atoms with E-state index < -0.39 is 11.8 Å². The summed E-state index contributed by atoms with van der Waals surface area (Å²) in [7, 11) is 0. The van der Waals surface area contributed by atoms with Crippen molar-refractivity contribution < 1.29 is 19.0 Å². The molecule has 0 aliphatic carbocycles. The van der Waals surface area contributed by atoms with Crippen molar-refractivity contribution in [3.8, 4) is 0 Å². The molecule has 1 aromatic carbocycles. The van der Waals surface area contributed by atoms with Crippen LogP contribution in [0.1, 0.15) is 23.7 Å². The van der Waals surface area contributed by atoms with Crippen LogP contribution in [0.5, 0.6) is 0 Å². The van der Waals surface area contributed by atoms with Gasteiger partial charge in [-0.25, -0.2) is 9.18 Å². The molecule has 0 saturated carbocycles. The fourth-order valence-electron chi connectivity index (χ4n) is 2.14. The fourth-order valence-corrected chi connectivity index (χ4v) is 2.65. The zero-order chi connectivity index (χ0) is 14.0. The Morgan fingerprint density at radius 3 is 2.95 bits per heavy atom. The third kappa shape index (κ3) is 3.06. The first-order valence-corrected chi connectivity index (χ1v) is 6.85. The average molecular weight is 332 g/mol. The quantitative estimate of drug-likeness (QED) is 0.889. The van der Waals surface area contributed by atoms with Gasteiger partial charge in [-0.05, 0) is 41.4 Å². The molecule has 0 bridgehead atoms. The largest absolute Gasteiger partial charge is 0.478 e. The van der Waals surface area contributed by atoms with Crippen LogP contribution in [0, 0.1) is 11.7 Å². The lowest BCUT2D eigenvalue weighted by Crippen LogP contribution is -2.26. The van der Waals surface area contributed by atoms with Gasteiger partial charge in [0, 0.05) is 18.6 Å². The van der Waals surface area contributed by atoms with E-state index in [4.69, 9.17) is 9.84 Å². The molecule has 2 rings (SSSR count). The molecular weight excluding hydrogens is 317 g/mol. The number of carbonyl (C=O) groups is 1. The van der Waals surface area contributed by atoms with Crippen LogP contribution in [0.25, 0.3) is 0 Å². The summed E-state index contributed by atoms with van der Waals surface area (Å²) in [6, 6.07) is 2.91. The second kappa shape index (κ2) is 5.88. The van der Waals surface area contributed by atoms with E-state index in [1.54, 1.807) is 0 Å². The molecule has 2 atom stereocenters. The number of carboxylic acids is 1. The molecule has 4 nitrogen and oxygen atoms in total. The van der Waals surface area contributed by atoms with Crippen LogP contribution in [-0.2, 0) is 4.74 Å². The molecule has 1 fully saturated rings. The Balaban J connectivity index is 2.16. The molecule has 19 heavy (non-hydrogen) atoms. The predicted molar refractivity (Wildman–Crippen MR) is 73.1 cm³/mol. The Kier molecular flexibility index (Phi) is 4.42. The second-order valence-corrected chi connectivity index (χ2v) is 5.44. The monoisotopic (exact) mass is 331 g/mol.